The van der Waals surface area contributed by atoms with Crippen molar-refractivity contribution in [1.82, 2.24) is 0 Å². The number of carboxylic acids is 1. The van der Waals surface area contributed by atoms with Gasteiger partial charge in [-0.05, 0) is 50.9 Å². The highest BCUT2D eigenvalue weighted by Gasteiger charge is 2.56. The van der Waals surface area contributed by atoms with Crippen LogP contribution >= 0.6 is 0 Å². The molecule has 0 aromatic carbocycles. The molecule has 172 valence electrons. The van der Waals surface area contributed by atoms with Gasteiger partial charge in [-0.15, -0.1) is 0 Å². The number of hydrogen-bond acceptors (Lipinski definition) is 6. The number of esters is 1. The Bertz CT molecular complexity index is 650. The van der Waals surface area contributed by atoms with Gasteiger partial charge in [-0.2, -0.15) is 0 Å². The van der Waals surface area contributed by atoms with E-state index in [1.807, 2.05) is 13.0 Å². The lowest BCUT2D eigenvalue weighted by Gasteiger charge is -2.30. The molecule has 1 aliphatic rings. The van der Waals surface area contributed by atoms with Crippen molar-refractivity contribution in [3.05, 3.63) is 23.2 Å². The molecule has 0 spiro atoms. The van der Waals surface area contributed by atoms with Gasteiger partial charge in [0.1, 0.15) is 0 Å². The average molecular weight is 427 g/mol. The molecule has 7 nitrogen and oxygen atoms in total. The third-order valence-electron chi connectivity index (χ3n) is 5.76. The maximum absolute atomic E-state index is 11.5. The first kappa shape index (κ1) is 26.0. The average Bonchev–Trinajstić information content (AvgIpc) is 2.88. The van der Waals surface area contributed by atoms with Crippen molar-refractivity contribution in [2.45, 2.75) is 97.2 Å². The molecule has 0 fully saturated rings. The van der Waals surface area contributed by atoms with Gasteiger partial charge in [0.05, 0.1) is 0 Å². The number of carbonyl (C=O) groups is 2. The number of ether oxygens (including phenoxy) is 1. The van der Waals surface area contributed by atoms with E-state index in [0.29, 0.717) is 18.8 Å². The van der Waals surface area contributed by atoms with Gasteiger partial charge in [0.15, 0.2) is 11.9 Å². The molecule has 1 unspecified atom stereocenters. The van der Waals surface area contributed by atoms with E-state index >= 15 is 0 Å². The molecule has 1 heterocycles. The first-order chi connectivity index (χ1) is 14.0. The number of carboxylic acid groups (broad SMARTS) is 1. The Hall–Kier alpha value is -2.02. The van der Waals surface area contributed by atoms with Crippen LogP contribution in [0.1, 0.15) is 85.5 Å². The second kappa shape index (κ2) is 12.0. The Morgan fingerprint density at radius 3 is 2.27 bits per heavy atom. The first-order valence-corrected chi connectivity index (χ1v) is 10.9. The maximum Gasteiger partial charge on any atom is 0.378 e. The summed E-state index contributed by atoms with van der Waals surface area (Å²) in [6, 6.07) is 0. The summed E-state index contributed by atoms with van der Waals surface area (Å²) in [6.07, 6.45) is 7.82. The number of aliphatic hydroxyl groups excluding tert-OH is 3. The molecule has 0 saturated heterocycles. The van der Waals surface area contributed by atoms with Gasteiger partial charge in [-0.25, -0.2) is 9.59 Å². The summed E-state index contributed by atoms with van der Waals surface area (Å²) in [5, 5.41) is 38.6. The number of hydrogen-bond donors (Lipinski definition) is 4. The van der Waals surface area contributed by atoms with Gasteiger partial charge in [-0.3, -0.25) is 0 Å². The van der Waals surface area contributed by atoms with E-state index in [2.05, 4.69) is 20.8 Å². The van der Waals surface area contributed by atoms with Gasteiger partial charge >= 0.3 is 11.9 Å². The topological polar surface area (TPSA) is 124 Å². The minimum atomic E-state index is -2.16. The quantitative estimate of drug-likeness (QED) is 0.178. The molecule has 0 aliphatic carbocycles. The van der Waals surface area contributed by atoms with Crippen LogP contribution in [0.25, 0.3) is 0 Å². The highest BCUT2D eigenvalue weighted by Crippen LogP contribution is 2.38. The number of rotatable bonds is 14. The standard InChI is InChI=1S/C23H38O7/c1-15(2)9-7-11-17(4)13-8-12-16(3)10-5-6-14-23(20(26)21(27)28)19(25)18(24)22(29)30-23/h10,15,17,20,24-26H,5-9,11-14H2,1-4H3,(H,27,28)/t17?,20-,23-/m0/s1. The van der Waals surface area contributed by atoms with Crippen molar-refractivity contribution in [3.63, 3.8) is 0 Å². The SMILES string of the molecule is CC(=CCCC[C@]1([C@@H](O)C(=O)O)OC(=O)C(O)=C1O)CCCC(C)CCCC(C)C. The zero-order valence-corrected chi connectivity index (χ0v) is 18.7. The number of carbonyl (C=O) groups excluding carboxylic acids is 1. The Balaban J connectivity index is 2.46. The van der Waals surface area contributed by atoms with Crippen LogP contribution in [0, 0.1) is 11.8 Å². The maximum atomic E-state index is 11.5. The third-order valence-corrected chi connectivity index (χ3v) is 5.76. The lowest BCUT2D eigenvalue weighted by molar-refractivity contribution is -0.175. The summed E-state index contributed by atoms with van der Waals surface area (Å²) in [5.41, 5.74) is -0.914. The number of aliphatic carboxylic acids is 1. The molecule has 0 aromatic heterocycles. The smallest absolute Gasteiger partial charge is 0.378 e. The molecule has 1 rings (SSSR count). The monoisotopic (exact) mass is 426 g/mol. The van der Waals surface area contributed by atoms with Crippen LogP contribution in [-0.4, -0.2) is 44.1 Å². The van der Waals surface area contributed by atoms with E-state index in [1.165, 1.54) is 31.3 Å². The molecular formula is C23H38O7. The molecule has 30 heavy (non-hydrogen) atoms. The van der Waals surface area contributed by atoms with Crippen LogP contribution in [0.15, 0.2) is 23.2 Å². The second-order valence-electron chi connectivity index (χ2n) is 8.98. The van der Waals surface area contributed by atoms with E-state index in [-0.39, 0.29) is 6.42 Å². The second-order valence-corrected chi connectivity index (χ2v) is 8.98. The molecule has 0 bridgehead atoms. The Morgan fingerprint density at radius 2 is 1.73 bits per heavy atom. The van der Waals surface area contributed by atoms with Crippen LogP contribution < -0.4 is 0 Å². The summed E-state index contributed by atoms with van der Waals surface area (Å²) in [4.78, 5) is 22.7. The number of aliphatic hydroxyl groups is 3. The van der Waals surface area contributed by atoms with Crippen molar-refractivity contribution in [2.75, 3.05) is 0 Å². The predicted octanol–water partition coefficient (Wildman–Crippen LogP) is 4.80. The van der Waals surface area contributed by atoms with E-state index in [9.17, 15) is 24.9 Å². The number of cyclic esters (lactones) is 1. The Labute approximate surface area is 179 Å². The molecule has 4 N–H and O–H groups in total. The Morgan fingerprint density at radius 1 is 1.10 bits per heavy atom. The Kier molecular flexibility index (Phi) is 10.4. The van der Waals surface area contributed by atoms with Crippen molar-refractivity contribution in [1.29, 1.82) is 0 Å². The fourth-order valence-corrected chi connectivity index (χ4v) is 3.81. The summed E-state index contributed by atoms with van der Waals surface area (Å²) in [7, 11) is 0. The van der Waals surface area contributed by atoms with E-state index in [1.54, 1.807) is 0 Å². The molecular weight excluding hydrogens is 388 g/mol. The fourth-order valence-electron chi connectivity index (χ4n) is 3.81. The number of allylic oxidation sites excluding steroid dienone is 2. The van der Waals surface area contributed by atoms with Crippen LogP contribution in [0.2, 0.25) is 0 Å². The lowest BCUT2D eigenvalue weighted by atomic mass is 9.88. The zero-order chi connectivity index (χ0) is 22.9. The van der Waals surface area contributed by atoms with Gasteiger partial charge < -0.3 is 25.2 Å². The van der Waals surface area contributed by atoms with E-state index in [0.717, 1.165) is 18.8 Å². The summed E-state index contributed by atoms with van der Waals surface area (Å²) in [6.45, 7) is 8.84. The first-order valence-electron chi connectivity index (χ1n) is 10.9. The molecule has 0 amide bonds. The van der Waals surface area contributed by atoms with E-state index < -0.39 is 35.2 Å². The van der Waals surface area contributed by atoms with Crippen LogP contribution in [0.5, 0.6) is 0 Å². The fraction of sp³-hybridized carbons (Fsp3) is 0.739. The molecule has 0 saturated carbocycles. The van der Waals surface area contributed by atoms with Crippen molar-refractivity contribution in [2.24, 2.45) is 11.8 Å². The lowest BCUT2D eigenvalue weighted by Crippen LogP contribution is -2.49. The summed E-state index contributed by atoms with van der Waals surface area (Å²) < 4.78 is 4.88. The minimum absolute atomic E-state index is 0.112. The van der Waals surface area contributed by atoms with Crippen molar-refractivity contribution in [3.8, 4) is 0 Å². The van der Waals surface area contributed by atoms with Crippen LogP contribution in [0.3, 0.4) is 0 Å². The number of unbranched alkanes of at least 4 members (excludes halogenated alkanes) is 1. The van der Waals surface area contributed by atoms with Crippen molar-refractivity contribution < 1.29 is 34.8 Å². The normalized spacial score (nSPS) is 21.8. The van der Waals surface area contributed by atoms with Gasteiger partial charge in [0.25, 0.3) is 0 Å². The minimum Gasteiger partial charge on any atom is -0.505 e. The predicted molar refractivity (Wildman–Crippen MR) is 114 cm³/mol. The largest absolute Gasteiger partial charge is 0.505 e. The highest BCUT2D eigenvalue weighted by atomic mass is 16.6. The summed E-state index contributed by atoms with van der Waals surface area (Å²) in [5.74, 6) is -3.37. The van der Waals surface area contributed by atoms with Crippen molar-refractivity contribution >= 4 is 11.9 Å². The van der Waals surface area contributed by atoms with Crippen LogP contribution in [-0.2, 0) is 14.3 Å². The zero-order valence-electron chi connectivity index (χ0n) is 18.7. The molecule has 0 aromatic rings. The van der Waals surface area contributed by atoms with Gasteiger partial charge in [0.2, 0.25) is 11.4 Å². The molecule has 0 radical (unpaired) electrons. The third kappa shape index (κ3) is 7.35. The highest BCUT2D eigenvalue weighted by molar-refractivity contribution is 5.91. The van der Waals surface area contributed by atoms with Gasteiger partial charge in [0, 0.05) is 0 Å². The molecule has 3 atom stereocenters. The van der Waals surface area contributed by atoms with E-state index in [4.69, 9.17) is 9.84 Å². The van der Waals surface area contributed by atoms with Gasteiger partial charge in [-0.1, -0.05) is 58.1 Å². The summed E-state index contributed by atoms with van der Waals surface area (Å²) >= 11 is 0. The van der Waals surface area contributed by atoms with Crippen LogP contribution in [0.4, 0.5) is 0 Å². The molecule has 7 heteroatoms. The molecule has 1 aliphatic heterocycles.